The van der Waals surface area contributed by atoms with E-state index in [1.54, 1.807) is 17.8 Å². The highest BCUT2D eigenvalue weighted by molar-refractivity contribution is 5.31. The second kappa shape index (κ2) is 4.93. The first kappa shape index (κ1) is 13.4. The third-order valence-corrected chi connectivity index (χ3v) is 2.53. The first-order chi connectivity index (χ1) is 8.87. The number of aliphatic hydroxyl groups is 1. The van der Waals surface area contributed by atoms with Crippen LogP contribution in [0.4, 0.5) is 13.2 Å². The van der Waals surface area contributed by atoms with Crippen LogP contribution in [0, 0.1) is 0 Å². The number of benzene rings is 1. The highest BCUT2D eigenvalue weighted by Crippen LogP contribution is 2.26. The Hall–Kier alpha value is -2.02. The zero-order valence-corrected chi connectivity index (χ0v) is 9.93. The Morgan fingerprint density at radius 1 is 1.26 bits per heavy atom. The minimum absolute atomic E-state index is 0.330. The molecule has 1 aromatic heterocycles. The molecule has 0 spiro atoms. The minimum atomic E-state index is -4.72. The molecule has 0 saturated heterocycles. The number of nitrogens with zero attached hydrogens (tertiary/aromatic N) is 2. The molecule has 2 rings (SSSR count). The monoisotopic (exact) mass is 272 g/mol. The predicted octanol–water partition coefficient (Wildman–Crippen LogP) is 2.40. The van der Waals surface area contributed by atoms with Gasteiger partial charge < -0.3 is 14.4 Å². The molecule has 0 aliphatic rings. The van der Waals surface area contributed by atoms with Gasteiger partial charge in [-0.05, 0) is 17.7 Å². The Kier molecular flexibility index (Phi) is 3.48. The Labute approximate surface area is 107 Å². The fourth-order valence-electron chi connectivity index (χ4n) is 1.64. The average molecular weight is 272 g/mol. The van der Waals surface area contributed by atoms with E-state index in [1.807, 2.05) is 0 Å². The summed E-state index contributed by atoms with van der Waals surface area (Å²) in [5.74, 6) is 0.0766. The van der Waals surface area contributed by atoms with Crippen LogP contribution in [0.5, 0.6) is 5.75 Å². The topological polar surface area (TPSA) is 47.3 Å². The highest BCUT2D eigenvalue weighted by Gasteiger charge is 2.31. The van der Waals surface area contributed by atoms with Gasteiger partial charge in [0, 0.05) is 19.4 Å². The molecule has 1 atom stereocenters. The lowest BCUT2D eigenvalue weighted by atomic mass is 10.1. The molecular weight excluding hydrogens is 261 g/mol. The Bertz CT molecular complexity index is 549. The van der Waals surface area contributed by atoms with Gasteiger partial charge in [-0.25, -0.2) is 4.98 Å². The van der Waals surface area contributed by atoms with E-state index in [1.165, 1.54) is 18.3 Å². The summed E-state index contributed by atoms with van der Waals surface area (Å²) in [6, 6.07) is 5.02. The molecule has 1 aromatic carbocycles. The Morgan fingerprint density at radius 3 is 2.37 bits per heavy atom. The van der Waals surface area contributed by atoms with Crippen LogP contribution in [0.15, 0.2) is 36.7 Å². The highest BCUT2D eigenvalue weighted by atomic mass is 19.4. The maximum Gasteiger partial charge on any atom is 0.573 e. The van der Waals surface area contributed by atoms with Crippen molar-refractivity contribution < 1.29 is 23.0 Å². The van der Waals surface area contributed by atoms with Gasteiger partial charge in [-0.15, -0.1) is 13.2 Å². The first-order valence-electron chi connectivity index (χ1n) is 5.38. The SMILES string of the molecule is Cn1ccnc1C(O)c1ccc(OC(F)(F)F)cc1. The van der Waals surface area contributed by atoms with Gasteiger partial charge >= 0.3 is 6.36 Å². The number of hydrogen-bond donors (Lipinski definition) is 1. The molecule has 4 nitrogen and oxygen atoms in total. The van der Waals surface area contributed by atoms with Crippen molar-refractivity contribution in [2.24, 2.45) is 7.05 Å². The smallest absolute Gasteiger partial charge is 0.406 e. The maximum absolute atomic E-state index is 12.0. The molecule has 2 aromatic rings. The number of ether oxygens (including phenoxy) is 1. The molecule has 0 bridgehead atoms. The normalized spacial score (nSPS) is 13.3. The summed E-state index contributed by atoms with van der Waals surface area (Å²) < 4.78 is 41.4. The van der Waals surface area contributed by atoms with Crippen LogP contribution in [-0.2, 0) is 7.05 Å². The van der Waals surface area contributed by atoms with E-state index in [0.717, 1.165) is 12.1 Å². The lowest BCUT2D eigenvalue weighted by Crippen LogP contribution is -2.17. The molecule has 19 heavy (non-hydrogen) atoms. The van der Waals surface area contributed by atoms with Gasteiger partial charge in [0.15, 0.2) is 0 Å². The number of hydrogen-bond acceptors (Lipinski definition) is 3. The quantitative estimate of drug-likeness (QED) is 0.933. The molecule has 0 aliphatic heterocycles. The fraction of sp³-hybridized carbons (Fsp3) is 0.250. The van der Waals surface area contributed by atoms with Crippen LogP contribution in [0.25, 0.3) is 0 Å². The largest absolute Gasteiger partial charge is 0.573 e. The molecule has 7 heteroatoms. The lowest BCUT2D eigenvalue weighted by Gasteiger charge is -2.12. The minimum Gasteiger partial charge on any atom is -0.406 e. The number of aryl methyl sites for hydroxylation is 1. The van der Waals surface area contributed by atoms with Crippen molar-refractivity contribution in [2.75, 3.05) is 0 Å². The van der Waals surface area contributed by atoms with Crippen LogP contribution in [0.3, 0.4) is 0 Å². The second-order valence-corrected chi connectivity index (χ2v) is 3.92. The van der Waals surface area contributed by atoms with Gasteiger partial charge in [-0.3, -0.25) is 0 Å². The Balaban J connectivity index is 2.17. The molecule has 0 fully saturated rings. The number of halogens is 3. The van der Waals surface area contributed by atoms with E-state index in [2.05, 4.69) is 9.72 Å². The van der Waals surface area contributed by atoms with Gasteiger partial charge in [-0.2, -0.15) is 0 Å². The van der Waals surface area contributed by atoms with E-state index in [9.17, 15) is 18.3 Å². The lowest BCUT2D eigenvalue weighted by molar-refractivity contribution is -0.274. The van der Waals surface area contributed by atoms with Crippen molar-refractivity contribution in [1.29, 1.82) is 0 Å². The zero-order chi connectivity index (χ0) is 14.0. The van der Waals surface area contributed by atoms with Gasteiger partial charge in [-0.1, -0.05) is 12.1 Å². The summed E-state index contributed by atoms with van der Waals surface area (Å²) in [4.78, 5) is 3.98. The number of imidazole rings is 1. The van der Waals surface area contributed by atoms with Crippen LogP contribution < -0.4 is 4.74 Å². The van der Waals surface area contributed by atoms with Gasteiger partial charge in [0.25, 0.3) is 0 Å². The molecule has 1 unspecified atom stereocenters. The van der Waals surface area contributed by atoms with Crippen molar-refractivity contribution in [3.63, 3.8) is 0 Å². The van der Waals surface area contributed by atoms with E-state index >= 15 is 0 Å². The summed E-state index contributed by atoms with van der Waals surface area (Å²) in [6.07, 6.45) is -2.53. The standard InChI is InChI=1S/C12H11F3N2O2/c1-17-7-6-16-11(17)10(18)8-2-4-9(5-3-8)19-12(13,14)15/h2-7,10,18H,1H3. The fourth-order valence-corrected chi connectivity index (χ4v) is 1.64. The molecule has 0 amide bonds. The molecule has 1 N–H and O–H groups in total. The maximum atomic E-state index is 12.0. The second-order valence-electron chi connectivity index (χ2n) is 3.92. The third-order valence-electron chi connectivity index (χ3n) is 2.53. The first-order valence-corrected chi connectivity index (χ1v) is 5.38. The zero-order valence-electron chi connectivity index (χ0n) is 9.93. The van der Waals surface area contributed by atoms with E-state index in [0.29, 0.717) is 11.4 Å². The van der Waals surface area contributed by atoms with E-state index in [4.69, 9.17) is 0 Å². The molecular formula is C12H11F3N2O2. The van der Waals surface area contributed by atoms with Crippen molar-refractivity contribution in [3.05, 3.63) is 48.0 Å². The predicted molar refractivity (Wildman–Crippen MR) is 60.4 cm³/mol. The summed E-state index contributed by atoms with van der Waals surface area (Å²) in [7, 11) is 1.71. The van der Waals surface area contributed by atoms with E-state index in [-0.39, 0.29) is 5.75 Å². The molecule has 1 heterocycles. The summed E-state index contributed by atoms with van der Waals surface area (Å²) in [6.45, 7) is 0. The number of aliphatic hydroxyl groups excluding tert-OH is 1. The summed E-state index contributed by atoms with van der Waals surface area (Å²) in [5.41, 5.74) is 0.434. The van der Waals surface area contributed by atoms with Crippen LogP contribution in [-0.4, -0.2) is 21.0 Å². The molecule has 0 radical (unpaired) electrons. The van der Waals surface area contributed by atoms with Gasteiger partial charge in [0.1, 0.15) is 17.7 Å². The van der Waals surface area contributed by atoms with Crippen LogP contribution >= 0.6 is 0 Å². The van der Waals surface area contributed by atoms with Crippen molar-refractivity contribution in [2.45, 2.75) is 12.5 Å². The summed E-state index contributed by atoms with van der Waals surface area (Å²) >= 11 is 0. The van der Waals surface area contributed by atoms with Gasteiger partial charge in [0.05, 0.1) is 0 Å². The van der Waals surface area contributed by atoms with Gasteiger partial charge in [0.2, 0.25) is 0 Å². The average Bonchev–Trinajstić information content (AvgIpc) is 2.73. The van der Waals surface area contributed by atoms with E-state index < -0.39 is 12.5 Å². The number of rotatable bonds is 3. The summed E-state index contributed by atoms with van der Waals surface area (Å²) in [5, 5.41) is 10.0. The van der Waals surface area contributed by atoms with Crippen molar-refractivity contribution >= 4 is 0 Å². The number of aromatic nitrogens is 2. The van der Waals surface area contributed by atoms with Crippen molar-refractivity contribution in [1.82, 2.24) is 9.55 Å². The third kappa shape index (κ3) is 3.25. The number of alkyl halides is 3. The molecule has 102 valence electrons. The van der Waals surface area contributed by atoms with Crippen LogP contribution in [0.2, 0.25) is 0 Å². The van der Waals surface area contributed by atoms with Crippen molar-refractivity contribution in [3.8, 4) is 5.75 Å². The molecule has 0 aliphatic carbocycles. The molecule has 0 saturated carbocycles. The van der Waals surface area contributed by atoms with Crippen LogP contribution in [0.1, 0.15) is 17.5 Å². The Morgan fingerprint density at radius 2 is 1.89 bits per heavy atom.